The molecule has 72 valence electrons. The van der Waals surface area contributed by atoms with Crippen molar-refractivity contribution in [2.45, 2.75) is 18.9 Å². The van der Waals surface area contributed by atoms with Crippen LogP contribution in [0.25, 0.3) is 0 Å². The van der Waals surface area contributed by atoms with Gasteiger partial charge in [0.05, 0.1) is 11.4 Å². The molecule has 1 aliphatic heterocycles. The Hall–Kier alpha value is -0.100. The van der Waals surface area contributed by atoms with Crippen LogP contribution in [0.1, 0.15) is 13.3 Å². The second kappa shape index (κ2) is 4.41. The first-order valence-corrected chi connectivity index (χ1v) is 5.44. The average molecular weight is 313 g/mol. The standard InChI is InChI=1S/C8H10ClIN2O/c1-6(13)12-8(5-9)2-3-11-4-7(8)10/h3-4H,2,5H2,1H3,(H,12,13). The van der Waals surface area contributed by atoms with Crippen molar-refractivity contribution in [1.29, 1.82) is 0 Å². The molecule has 0 radical (unpaired) electrons. The predicted molar refractivity (Wildman–Crippen MR) is 62.5 cm³/mol. The molecule has 0 saturated carbocycles. The fraction of sp³-hybridized carbons (Fsp3) is 0.500. The second-order valence-corrected chi connectivity index (χ2v) is 4.34. The van der Waals surface area contributed by atoms with E-state index in [2.05, 4.69) is 32.9 Å². The lowest BCUT2D eigenvalue weighted by Gasteiger charge is -2.32. The number of carbonyl (C=O) groups excluding carboxylic acids is 1. The molecule has 0 bridgehead atoms. The van der Waals surface area contributed by atoms with Crippen molar-refractivity contribution in [3.63, 3.8) is 0 Å². The maximum atomic E-state index is 11.0. The summed E-state index contributed by atoms with van der Waals surface area (Å²) in [6.45, 7) is 1.49. The first kappa shape index (κ1) is 11.0. The molecule has 0 aromatic carbocycles. The molecule has 0 saturated heterocycles. The Bertz CT molecular complexity index is 277. The van der Waals surface area contributed by atoms with E-state index in [0.717, 1.165) is 3.58 Å². The number of nitrogens with one attached hydrogen (secondary N) is 1. The molecule has 0 spiro atoms. The Morgan fingerprint density at radius 3 is 3.08 bits per heavy atom. The summed E-state index contributed by atoms with van der Waals surface area (Å²) in [6, 6.07) is 0. The fourth-order valence-electron chi connectivity index (χ4n) is 1.15. The van der Waals surface area contributed by atoms with Gasteiger partial charge in [0, 0.05) is 29.3 Å². The van der Waals surface area contributed by atoms with E-state index in [-0.39, 0.29) is 5.91 Å². The maximum Gasteiger partial charge on any atom is 0.217 e. The lowest BCUT2D eigenvalue weighted by molar-refractivity contribution is -0.120. The molecule has 1 unspecified atom stereocenters. The van der Waals surface area contributed by atoms with Crippen molar-refractivity contribution in [3.8, 4) is 0 Å². The Labute approximate surface area is 95.8 Å². The highest BCUT2D eigenvalue weighted by atomic mass is 127. The van der Waals surface area contributed by atoms with Crippen molar-refractivity contribution >= 4 is 46.3 Å². The van der Waals surface area contributed by atoms with Crippen LogP contribution in [0.5, 0.6) is 0 Å². The van der Waals surface area contributed by atoms with Crippen LogP contribution >= 0.6 is 34.2 Å². The smallest absolute Gasteiger partial charge is 0.217 e. The zero-order valence-corrected chi connectivity index (χ0v) is 10.1. The monoisotopic (exact) mass is 312 g/mol. The van der Waals surface area contributed by atoms with Crippen molar-refractivity contribution in [3.05, 3.63) is 9.78 Å². The number of hydrogen-bond acceptors (Lipinski definition) is 2. The Morgan fingerprint density at radius 2 is 2.62 bits per heavy atom. The number of halogens is 2. The van der Waals surface area contributed by atoms with Crippen LogP contribution in [0.2, 0.25) is 0 Å². The number of alkyl halides is 1. The van der Waals surface area contributed by atoms with Gasteiger partial charge in [0.2, 0.25) is 5.91 Å². The van der Waals surface area contributed by atoms with E-state index in [9.17, 15) is 4.79 Å². The molecular formula is C8H10ClIN2O. The molecule has 1 atom stereocenters. The van der Waals surface area contributed by atoms with Gasteiger partial charge >= 0.3 is 0 Å². The third-order valence-electron chi connectivity index (χ3n) is 1.83. The summed E-state index contributed by atoms with van der Waals surface area (Å²) in [5.74, 6) is 0.298. The first-order chi connectivity index (χ1) is 6.10. The molecule has 3 nitrogen and oxygen atoms in total. The first-order valence-electron chi connectivity index (χ1n) is 3.83. The van der Waals surface area contributed by atoms with Gasteiger partial charge in [-0.2, -0.15) is 0 Å². The molecule has 0 aliphatic carbocycles. The van der Waals surface area contributed by atoms with E-state index in [1.165, 1.54) is 6.92 Å². The number of hydrogen-bond donors (Lipinski definition) is 1. The Balaban J connectivity index is 2.87. The summed E-state index contributed by atoms with van der Waals surface area (Å²) in [6.07, 6.45) is 4.15. The number of nitrogens with zero attached hydrogens (tertiary/aromatic N) is 1. The molecule has 1 N–H and O–H groups in total. The van der Waals surface area contributed by atoms with Gasteiger partial charge in [-0.3, -0.25) is 9.79 Å². The van der Waals surface area contributed by atoms with Crippen molar-refractivity contribution < 1.29 is 4.79 Å². The lowest BCUT2D eigenvalue weighted by Crippen LogP contribution is -2.50. The molecule has 13 heavy (non-hydrogen) atoms. The molecule has 1 amide bonds. The largest absolute Gasteiger partial charge is 0.345 e. The molecule has 5 heteroatoms. The van der Waals surface area contributed by atoms with Crippen LogP contribution in [-0.4, -0.2) is 23.5 Å². The summed E-state index contributed by atoms with van der Waals surface area (Å²) in [4.78, 5) is 15.0. The minimum Gasteiger partial charge on any atom is -0.345 e. The quantitative estimate of drug-likeness (QED) is 0.613. The van der Waals surface area contributed by atoms with Crippen molar-refractivity contribution in [2.24, 2.45) is 4.99 Å². The van der Waals surface area contributed by atoms with Gasteiger partial charge in [0.25, 0.3) is 0 Å². The zero-order valence-electron chi connectivity index (χ0n) is 7.18. The highest BCUT2D eigenvalue weighted by Gasteiger charge is 2.33. The highest BCUT2D eigenvalue weighted by Crippen LogP contribution is 2.30. The molecule has 0 aromatic rings. The van der Waals surface area contributed by atoms with Crippen LogP contribution in [0, 0.1) is 0 Å². The van der Waals surface area contributed by atoms with E-state index in [1.54, 1.807) is 12.4 Å². The number of aliphatic imine (C=N–C) groups is 1. The third kappa shape index (κ3) is 2.43. The number of carbonyl (C=O) groups is 1. The SMILES string of the molecule is CC(=O)NC1(CCl)CC=NC=C1I. The van der Waals surface area contributed by atoms with Crippen molar-refractivity contribution in [1.82, 2.24) is 5.32 Å². The van der Waals surface area contributed by atoms with Crippen molar-refractivity contribution in [2.75, 3.05) is 5.88 Å². The molecule has 1 rings (SSSR count). The van der Waals surface area contributed by atoms with Gasteiger partial charge < -0.3 is 5.32 Å². The molecule has 1 aliphatic rings. The summed E-state index contributed by atoms with van der Waals surface area (Å²) >= 11 is 8.01. The van der Waals surface area contributed by atoms with Gasteiger partial charge in [-0.05, 0) is 22.6 Å². The molecule has 1 heterocycles. The average Bonchev–Trinajstić information content (AvgIpc) is 2.08. The predicted octanol–water partition coefficient (Wildman–Crippen LogP) is 1.85. The van der Waals surface area contributed by atoms with Gasteiger partial charge in [-0.15, -0.1) is 11.6 Å². The van der Waals surface area contributed by atoms with Crippen LogP contribution < -0.4 is 5.32 Å². The molecule has 0 fully saturated rings. The Morgan fingerprint density at radius 1 is 1.92 bits per heavy atom. The normalized spacial score (nSPS) is 26.8. The minimum atomic E-state index is -0.435. The summed E-state index contributed by atoms with van der Waals surface area (Å²) in [5.41, 5.74) is -0.435. The minimum absolute atomic E-state index is 0.0708. The van der Waals surface area contributed by atoms with Crippen LogP contribution in [0.15, 0.2) is 14.8 Å². The summed E-state index contributed by atoms with van der Waals surface area (Å²) < 4.78 is 0.970. The van der Waals surface area contributed by atoms with Crippen LogP contribution in [-0.2, 0) is 4.79 Å². The third-order valence-corrected chi connectivity index (χ3v) is 3.60. The Kier molecular flexibility index (Phi) is 3.73. The van der Waals surface area contributed by atoms with Gasteiger partial charge in [0.15, 0.2) is 0 Å². The van der Waals surface area contributed by atoms with E-state index < -0.39 is 5.54 Å². The number of amides is 1. The zero-order chi connectivity index (χ0) is 9.90. The summed E-state index contributed by atoms with van der Waals surface area (Å²) in [7, 11) is 0. The lowest BCUT2D eigenvalue weighted by atomic mass is 9.96. The van der Waals surface area contributed by atoms with Crippen LogP contribution in [0.4, 0.5) is 0 Å². The molecule has 0 aromatic heterocycles. The van der Waals surface area contributed by atoms with Crippen LogP contribution in [0.3, 0.4) is 0 Å². The van der Waals surface area contributed by atoms with E-state index in [1.807, 2.05) is 0 Å². The van der Waals surface area contributed by atoms with Gasteiger partial charge in [-0.1, -0.05) is 0 Å². The van der Waals surface area contributed by atoms with Gasteiger partial charge in [-0.25, -0.2) is 0 Å². The maximum absolute atomic E-state index is 11.0. The number of rotatable bonds is 2. The van der Waals surface area contributed by atoms with E-state index in [0.29, 0.717) is 12.3 Å². The van der Waals surface area contributed by atoms with E-state index >= 15 is 0 Å². The highest BCUT2D eigenvalue weighted by molar-refractivity contribution is 14.1. The fourth-order valence-corrected chi connectivity index (χ4v) is 2.40. The second-order valence-electron chi connectivity index (χ2n) is 2.91. The summed E-state index contributed by atoms with van der Waals surface area (Å²) in [5, 5.41) is 2.86. The topological polar surface area (TPSA) is 41.5 Å². The van der Waals surface area contributed by atoms with E-state index in [4.69, 9.17) is 11.6 Å². The molecular weight excluding hydrogens is 302 g/mol. The van der Waals surface area contributed by atoms with Gasteiger partial charge in [0.1, 0.15) is 0 Å².